The monoisotopic (exact) mass is 285 g/mol. The van der Waals surface area contributed by atoms with Crippen molar-refractivity contribution < 1.29 is 14.7 Å². The number of H-pyrrole nitrogens is 1. The molecule has 5 heteroatoms. The third-order valence-electron chi connectivity index (χ3n) is 4.28. The number of carboxylic acid groups (broad SMARTS) is 1. The van der Waals surface area contributed by atoms with Crippen LogP contribution < -0.4 is 5.11 Å². The molecule has 0 bridgehead atoms. The average Bonchev–Trinajstić information content (AvgIpc) is 2.85. The number of carboxylic acids is 1. The van der Waals surface area contributed by atoms with E-state index in [1.807, 2.05) is 31.2 Å². The molecule has 2 atom stereocenters. The minimum absolute atomic E-state index is 0.166. The smallest absolute Gasteiger partial charge is 0.223 e. The van der Waals surface area contributed by atoms with Crippen LogP contribution in [0.3, 0.4) is 0 Å². The van der Waals surface area contributed by atoms with Crippen LogP contribution in [0.2, 0.25) is 0 Å². The van der Waals surface area contributed by atoms with Gasteiger partial charge in [-0.05, 0) is 18.6 Å². The number of aromatic amines is 1. The summed E-state index contributed by atoms with van der Waals surface area (Å²) in [6.45, 7) is 3.60. The molecule has 5 nitrogen and oxygen atoms in total. The molecule has 3 rings (SSSR count). The number of hydrogen-bond donors (Lipinski definition) is 1. The maximum absolute atomic E-state index is 12.1. The van der Waals surface area contributed by atoms with Gasteiger partial charge in [-0.1, -0.05) is 25.1 Å². The lowest BCUT2D eigenvalue weighted by atomic mass is 9.92. The van der Waals surface area contributed by atoms with Crippen LogP contribution in [0, 0.1) is 0 Å². The number of amides is 1. The summed E-state index contributed by atoms with van der Waals surface area (Å²) < 4.78 is 0. The van der Waals surface area contributed by atoms with Crippen molar-refractivity contribution in [2.24, 2.45) is 0 Å². The van der Waals surface area contributed by atoms with Crippen LogP contribution in [0.25, 0.3) is 10.9 Å². The molecule has 0 saturated carbocycles. The molecule has 0 radical (unpaired) electrons. The highest BCUT2D eigenvalue weighted by Crippen LogP contribution is 2.37. The van der Waals surface area contributed by atoms with Gasteiger partial charge in [0.1, 0.15) is 0 Å². The maximum Gasteiger partial charge on any atom is 0.223 e. The minimum Gasteiger partial charge on any atom is -0.548 e. The second-order valence-electron chi connectivity index (χ2n) is 5.43. The van der Waals surface area contributed by atoms with Crippen molar-refractivity contribution in [3.05, 3.63) is 35.5 Å². The summed E-state index contributed by atoms with van der Waals surface area (Å²) in [5.74, 6) is -1.36. The molecule has 0 fully saturated rings. The molecule has 21 heavy (non-hydrogen) atoms. The van der Waals surface area contributed by atoms with E-state index in [2.05, 4.69) is 4.98 Å². The minimum atomic E-state index is -1.19. The van der Waals surface area contributed by atoms with Crippen molar-refractivity contribution in [2.75, 3.05) is 0 Å². The van der Waals surface area contributed by atoms with Gasteiger partial charge >= 0.3 is 0 Å². The molecule has 1 aliphatic heterocycles. The third-order valence-corrected chi connectivity index (χ3v) is 4.28. The zero-order chi connectivity index (χ0) is 15.1. The number of carbonyl (C=O) groups excluding carboxylic acids is 2. The van der Waals surface area contributed by atoms with Crippen LogP contribution in [0.1, 0.15) is 37.6 Å². The number of nitrogens with zero attached hydrogens (tertiary/aromatic N) is 1. The first-order chi connectivity index (χ1) is 10.0. The second kappa shape index (κ2) is 4.91. The molecule has 0 unspecified atom stereocenters. The summed E-state index contributed by atoms with van der Waals surface area (Å²) in [6, 6.07) is 6.59. The van der Waals surface area contributed by atoms with Crippen LogP contribution in [-0.4, -0.2) is 27.8 Å². The lowest BCUT2D eigenvalue weighted by Gasteiger charge is -2.41. The van der Waals surface area contributed by atoms with Crippen LogP contribution >= 0.6 is 0 Å². The number of aromatic nitrogens is 1. The molecule has 1 amide bonds. The maximum atomic E-state index is 12.1. The van der Waals surface area contributed by atoms with E-state index in [1.54, 1.807) is 6.92 Å². The second-order valence-corrected chi connectivity index (χ2v) is 5.43. The Morgan fingerprint density at radius 3 is 2.76 bits per heavy atom. The van der Waals surface area contributed by atoms with Crippen molar-refractivity contribution >= 4 is 22.8 Å². The molecule has 2 aromatic rings. The highest BCUT2D eigenvalue weighted by molar-refractivity contribution is 5.89. The van der Waals surface area contributed by atoms with Gasteiger partial charge in [0.05, 0.1) is 18.1 Å². The van der Waals surface area contributed by atoms with E-state index in [9.17, 15) is 14.7 Å². The van der Waals surface area contributed by atoms with Gasteiger partial charge in [-0.3, -0.25) is 4.79 Å². The van der Waals surface area contributed by atoms with Crippen molar-refractivity contribution in [1.82, 2.24) is 9.88 Å². The summed E-state index contributed by atoms with van der Waals surface area (Å²) in [5, 5.41) is 12.5. The standard InChI is InChI=1S/C16H18N2O3/c1-3-14(19)18-9(2)15-11(8-13(18)16(20)21)10-6-4-5-7-12(10)17-15/h4-7,9,13,17H,3,8H2,1-2H3,(H,20,21)/p-1/t9-,13-/m1/s1. The van der Waals surface area contributed by atoms with Gasteiger partial charge in [0, 0.05) is 29.4 Å². The molecule has 1 aromatic heterocycles. The van der Waals surface area contributed by atoms with Crippen LogP contribution in [0.15, 0.2) is 24.3 Å². The van der Waals surface area contributed by atoms with Gasteiger partial charge in [-0.15, -0.1) is 0 Å². The highest BCUT2D eigenvalue weighted by Gasteiger charge is 2.37. The Bertz CT molecular complexity index is 719. The molecule has 0 spiro atoms. The van der Waals surface area contributed by atoms with E-state index in [0.717, 1.165) is 22.2 Å². The van der Waals surface area contributed by atoms with Gasteiger partial charge in [0.25, 0.3) is 0 Å². The Morgan fingerprint density at radius 1 is 1.38 bits per heavy atom. The van der Waals surface area contributed by atoms with Crippen molar-refractivity contribution in [3.63, 3.8) is 0 Å². The topological polar surface area (TPSA) is 76.2 Å². The lowest BCUT2D eigenvalue weighted by molar-refractivity contribution is -0.312. The van der Waals surface area contributed by atoms with Crippen LogP contribution in [-0.2, 0) is 16.0 Å². The van der Waals surface area contributed by atoms with E-state index >= 15 is 0 Å². The molecule has 2 heterocycles. The summed E-state index contributed by atoms with van der Waals surface area (Å²) in [7, 11) is 0. The normalized spacial score (nSPS) is 21.3. The van der Waals surface area contributed by atoms with Crippen LogP contribution in [0.4, 0.5) is 0 Å². The Hall–Kier alpha value is -2.30. The molecule has 1 aliphatic rings. The predicted octanol–water partition coefficient (Wildman–Crippen LogP) is 1.14. The fourth-order valence-electron chi connectivity index (χ4n) is 3.27. The highest BCUT2D eigenvalue weighted by atomic mass is 16.4. The summed E-state index contributed by atoms with van der Waals surface area (Å²) in [4.78, 5) is 28.4. The van der Waals surface area contributed by atoms with E-state index < -0.39 is 12.0 Å². The van der Waals surface area contributed by atoms with Gasteiger partial charge in [-0.2, -0.15) is 0 Å². The number of para-hydroxylation sites is 1. The quantitative estimate of drug-likeness (QED) is 0.899. The fraction of sp³-hybridized carbons (Fsp3) is 0.375. The number of carbonyl (C=O) groups is 2. The SMILES string of the molecule is CCC(=O)N1[C@@H](C(=O)[O-])Cc2c([nH]c3ccccc23)[C@H]1C. The number of nitrogens with one attached hydrogen (secondary N) is 1. The molecule has 1 N–H and O–H groups in total. The zero-order valence-corrected chi connectivity index (χ0v) is 12.1. The Balaban J connectivity index is 2.16. The molecular weight excluding hydrogens is 268 g/mol. The number of aliphatic carboxylic acids is 1. The first-order valence-corrected chi connectivity index (χ1v) is 7.16. The number of hydrogen-bond acceptors (Lipinski definition) is 3. The van der Waals surface area contributed by atoms with E-state index in [0.29, 0.717) is 0 Å². The largest absolute Gasteiger partial charge is 0.548 e. The molecule has 110 valence electrons. The van der Waals surface area contributed by atoms with Crippen molar-refractivity contribution in [3.8, 4) is 0 Å². The van der Waals surface area contributed by atoms with Gasteiger partial charge < -0.3 is 19.8 Å². The summed E-state index contributed by atoms with van der Waals surface area (Å²) >= 11 is 0. The van der Waals surface area contributed by atoms with Crippen molar-refractivity contribution in [1.29, 1.82) is 0 Å². The molecule has 1 aromatic carbocycles. The Labute approximate surface area is 122 Å². The summed E-state index contributed by atoms with van der Waals surface area (Å²) in [5.41, 5.74) is 2.88. The number of benzene rings is 1. The van der Waals surface area contributed by atoms with E-state index in [-0.39, 0.29) is 24.8 Å². The zero-order valence-electron chi connectivity index (χ0n) is 12.1. The number of rotatable bonds is 2. The predicted molar refractivity (Wildman–Crippen MR) is 76.3 cm³/mol. The van der Waals surface area contributed by atoms with E-state index in [1.165, 1.54) is 4.90 Å². The molecule has 0 saturated heterocycles. The first-order valence-electron chi connectivity index (χ1n) is 7.16. The van der Waals surface area contributed by atoms with Crippen LogP contribution in [0.5, 0.6) is 0 Å². The molecular formula is C16H17N2O3-. The van der Waals surface area contributed by atoms with Crippen molar-refractivity contribution in [2.45, 2.75) is 38.8 Å². The molecule has 0 aliphatic carbocycles. The Morgan fingerprint density at radius 2 is 2.10 bits per heavy atom. The Kier molecular flexibility index (Phi) is 3.20. The van der Waals surface area contributed by atoms with Gasteiger partial charge in [0.15, 0.2) is 0 Å². The lowest BCUT2D eigenvalue weighted by Crippen LogP contribution is -2.54. The van der Waals surface area contributed by atoms with Gasteiger partial charge in [0.2, 0.25) is 5.91 Å². The number of fused-ring (bicyclic) bond motifs is 3. The first kappa shape index (κ1) is 13.7. The van der Waals surface area contributed by atoms with Gasteiger partial charge in [-0.25, -0.2) is 0 Å². The van der Waals surface area contributed by atoms with E-state index in [4.69, 9.17) is 0 Å². The fourth-order valence-corrected chi connectivity index (χ4v) is 3.27. The summed E-state index contributed by atoms with van der Waals surface area (Å²) in [6.07, 6.45) is 0.571. The third kappa shape index (κ3) is 2.00. The average molecular weight is 285 g/mol.